The number of ether oxygens (including phenoxy) is 2. The molecule has 212 valence electrons. The van der Waals surface area contributed by atoms with Crippen molar-refractivity contribution in [2.45, 2.75) is 32.4 Å². The molecule has 2 N–H and O–H groups in total. The molecule has 1 aromatic heterocycles. The van der Waals surface area contributed by atoms with E-state index in [0.717, 1.165) is 12.8 Å². The molecular weight excluding hydrogens is 529 g/mol. The summed E-state index contributed by atoms with van der Waals surface area (Å²) in [6, 6.07) is 8.98. The summed E-state index contributed by atoms with van der Waals surface area (Å²) >= 11 is 0. The van der Waals surface area contributed by atoms with Gasteiger partial charge >= 0.3 is 6.61 Å². The second-order valence-electron chi connectivity index (χ2n) is 9.91. The SMILES string of the molecule is C[C@H](N)c1oc(-c2ccc(OC(F)F)c(OCC3CC3)c2)nc1C(=O)N1CCN(C(=O)c2ccc(F)cc2)CC1. The Bertz CT molecular complexity index is 1370. The van der Waals surface area contributed by atoms with Crippen molar-refractivity contribution in [1.29, 1.82) is 0 Å². The van der Waals surface area contributed by atoms with E-state index in [1.54, 1.807) is 16.7 Å². The van der Waals surface area contributed by atoms with Gasteiger partial charge in [-0.25, -0.2) is 9.37 Å². The molecule has 0 radical (unpaired) electrons. The first kappa shape index (κ1) is 27.5. The predicted molar refractivity (Wildman–Crippen MR) is 138 cm³/mol. The van der Waals surface area contributed by atoms with Crippen molar-refractivity contribution >= 4 is 11.8 Å². The average Bonchev–Trinajstić information content (AvgIpc) is 3.67. The maximum absolute atomic E-state index is 13.5. The van der Waals surface area contributed by atoms with E-state index in [-0.39, 0.29) is 60.9 Å². The lowest BCUT2D eigenvalue weighted by molar-refractivity contribution is -0.0515. The minimum absolute atomic E-state index is 0.0386. The summed E-state index contributed by atoms with van der Waals surface area (Å²) in [7, 11) is 0. The number of benzene rings is 2. The van der Waals surface area contributed by atoms with Gasteiger partial charge in [-0.1, -0.05) is 0 Å². The molecule has 40 heavy (non-hydrogen) atoms. The van der Waals surface area contributed by atoms with E-state index in [2.05, 4.69) is 9.72 Å². The Labute approximate surface area is 228 Å². The zero-order chi connectivity index (χ0) is 28.4. The van der Waals surface area contributed by atoms with E-state index >= 15 is 0 Å². The van der Waals surface area contributed by atoms with Crippen LogP contribution in [0.4, 0.5) is 13.2 Å². The first-order chi connectivity index (χ1) is 19.2. The molecule has 2 fully saturated rings. The van der Waals surface area contributed by atoms with Gasteiger partial charge in [0, 0.05) is 37.3 Å². The van der Waals surface area contributed by atoms with Gasteiger partial charge in [-0.05, 0) is 68.1 Å². The average molecular weight is 559 g/mol. The van der Waals surface area contributed by atoms with Gasteiger partial charge in [0.15, 0.2) is 23.0 Å². The second-order valence-corrected chi connectivity index (χ2v) is 9.91. The molecule has 2 aromatic carbocycles. The molecule has 1 saturated carbocycles. The minimum Gasteiger partial charge on any atom is -0.489 e. The van der Waals surface area contributed by atoms with Gasteiger partial charge in [0.05, 0.1) is 12.6 Å². The van der Waals surface area contributed by atoms with Crippen molar-refractivity contribution in [3.63, 3.8) is 0 Å². The van der Waals surface area contributed by atoms with E-state index in [1.165, 1.54) is 42.5 Å². The number of nitrogens with zero attached hydrogens (tertiary/aromatic N) is 3. The van der Waals surface area contributed by atoms with Crippen molar-refractivity contribution in [1.82, 2.24) is 14.8 Å². The number of carbonyl (C=O) groups is 2. The van der Waals surface area contributed by atoms with Crippen molar-refractivity contribution in [3.8, 4) is 23.0 Å². The molecule has 2 heterocycles. The van der Waals surface area contributed by atoms with Gasteiger partial charge in [0.1, 0.15) is 5.82 Å². The van der Waals surface area contributed by atoms with Gasteiger partial charge in [-0.3, -0.25) is 9.59 Å². The van der Waals surface area contributed by atoms with E-state index < -0.39 is 24.4 Å². The largest absolute Gasteiger partial charge is 0.489 e. The van der Waals surface area contributed by atoms with Crippen molar-refractivity contribution in [3.05, 3.63) is 65.3 Å². The summed E-state index contributed by atoms with van der Waals surface area (Å²) in [6.45, 7) is 0.0942. The molecule has 1 aliphatic carbocycles. The van der Waals surface area contributed by atoms with Crippen LogP contribution in [0.15, 0.2) is 46.9 Å². The van der Waals surface area contributed by atoms with Crippen LogP contribution in [0.2, 0.25) is 0 Å². The summed E-state index contributed by atoms with van der Waals surface area (Å²) < 4.78 is 55.3. The number of carbonyl (C=O) groups excluding carboxylic acids is 2. The van der Waals surface area contributed by atoms with Gasteiger partial charge in [-0.15, -0.1) is 0 Å². The standard InChI is InChI=1S/C28H29F3N4O5/c1-16(32)24-23(27(37)35-12-10-34(11-13-35)26(36)18-4-7-20(29)8-5-18)33-25(40-24)19-6-9-21(39-28(30)31)22(14-19)38-15-17-2-3-17/h4-9,14,16-17,28H,2-3,10-13,15,32H2,1H3/t16-/m0/s1. The third-order valence-corrected chi connectivity index (χ3v) is 6.79. The number of oxazole rings is 1. The fraction of sp³-hybridized carbons (Fsp3) is 0.393. The van der Waals surface area contributed by atoms with Crippen molar-refractivity contribution in [2.75, 3.05) is 32.8 Å². The van der Waals surface area contributed by atoms with Gasteiger partial charge in [-0.2, -0.15) is 8.78 Å². The minimum atomic E-state index is -3.02. The number of nitrogens with two attached hydrogens (primary N) is 1. The molecule has 0 spiro atoms. The van der Waals surface area contributed by atoms with E-state index in [0.29, 0.717) is 23.7 Å². The summed E-state index contributed by atoms with van der Waals surface area (Å²) in [5.74, 6) is -0.416. The van der Waals surface area contributed by atoms with Crippen LogP contribution in [0, 0.1) is 11.7 Å². The number of rotatable bonds is 9. The zero-order valence-corrected chi connectivity index (χ0v) is 21.8. The van der Waals surface area contributed by atoms with E-state index in [1.807, 2.05) is 0 Å². The van der Waals surface area contributed by atoms with Gasteiger partial charge in [0.25, 0.3) is 11.8 Å². The summed E-state index contributed by atoms with van der Waals surface area (Å²) in [5, 5.41) is 0. The number of amides is 2. The zero-order valence-electron chi connectivity index (χ0n) is 21.8. The second kappa shape index (κ2) is 11.6. The molecule has 5 rings (SSSR count). The highest BCUT2D eigenvalue weighted by Crippen LogP contribution is 2.37. The monoisotopic (exact) mass is 558 g/mol. The highest BCUT2D eigenvalue weighted by Gasteiger charge is 2.31. The molecule has 3 aromatic rings. The maximum atomic E-state index is 13.5. The first-order valence-corrected chi connectivity index (χ1v) is 13.0. The fourth-order valence-electron chi connectivity index (χ4n) is 4.39. The van der Waals surface area contributed by atoms with Crippen LogP contribution in [0.3, 0.4) is 0 Å². The number of aromatic nitrogens is 1. The normalized spacial score (nSPS) is 16.2. The van der Waals surface area contributed by atoms with Crippen LogP contribution in [-0.2, 0) is 0 Å². The Morgan fingerprint density at radius 3 is 2.27 bits per heavy atom. The third kappa shape index (κ3) is 6.22. The summed E-state index contributed by atoms with van der Waals surface area (Å²) in [6.07, 6.45) is 2.03. The predicted octanol–water partition coefficient (Wildman–Crippen LogP) is 4.49. The third-order valence-electron chi connectivity index (χ3n) is 6.79. The van der Waals surface area contributed by atoms with Gasteiger partial charge in [0.2, 0.25) is 5.89 Å². The molecule has 0 bridgehead atoms. The number of alkyl halides is 2. The molecule has 0 unspecified atom stereocenters. The molecular formula is C28H29F3N4O5. The molecule has 2 amide bonds. The highest BCUT2D eigenvalue weighted by atomic mass is 19.3. The quantitative estimate of drug-likeness (QED) is 0.412. The van der Waals surface area contributed by atoms with Crippen LogP contribution in [0.5, 0.6) is 11.5 Å². The number of hydrogen-bond acceptors (Lipinski definition) is 7. The topological polar surface area (TPSA) is 111 Å². The Kier molecular flexibility index (Phi) is 7.97. The molecule has 12 heteroatoms. The first-order valence-electron chi connectivity index (χ1n) is 13.0. The van der Waals surface area contributed by atoms with E-state index in [4.69, 9.17) is 14.9 Å². The maximum Gasteiger partial charge on any atom is 0.387 e. The lowest BCUT2D eigenvalue weighted by atomic mass is 10.1. The molecule has 9 nitrogen and oxygen atoms in total. The number of halogens is 3. The number of hydrogen-bond donors (Lipinski definition) is 1. The fourth-order valence-corrected chi connectivity index (χ4v) is 4.39. The Morgan fingerprint density at radius 2 is 1.68 bits per heavy atom. The lowest BCUT2D eigenvalue weighted by Crippen LogP contribution is -2.50. The van der Waals surface area contributed by atoms with Crippen LogP contribution in [0.1, 0.15) is 52.4 Å². The molecule has 1 atom stereocenters. The van der Waals surface area contributed by atoms with Crippen LogP contribution < -0.4 is 15.2 Å². The van der Waals surface area contributed by atoms with Crippen molar-refractivity contribution in [2.24, 2.45) is 11.7 Å². The molecule has 2 aliphatic rings. The highest BCUT2D eigenvalue weighted by molar-refractivity contribution is 5.96. The lowest BCUT2D eigenvalue weighted by Gasteiger charge is -2.34. The smallest absolute Gasteiger partial charge is 0.387 e. The Hall–Kier alpha value is -4.06. The molecule has 1 saturated heterocycles. The Balaban J connectivity index is 1.32. The van der Waals surface area contributed by atoms with Crippen molar-refractivity contribution < 1.29 is 36.7 Å². The van der Waals surface area contributed by atoms with E-state index in [9.17, 15) is 22.8 Å². The van der Waals surface area contributed by atoms with Crippen LogP contribution in [0.25, 0.3) is 11.5 Å². The summed E-state index contributed by atoms with van der Waals surface area (Å²) in [5.41, 5.74) is 6.91. The van der Waals surface area contributed by atoms with Crippen LogP contribution in [-0.4, -0.2) is 66.0 Å². The van der Waals surface area contributed by atoms with Gasteiger partial charge < -0.3 is 29.4 Å². The van der Waals surface area contributed by atoms with Crippen LogP contribution >= 0.6 is 0 Å². The summed E-state index contributed by atoms with van der Waals surface area (Å²) in [4.78, 5) is 33.8. The molecule has 1 aliphatic heterocycles. The Morgan fingerprint density at radius 1 is 1.02 bits per heavy atom. The number of piperazine rings is 1.